The Morgan fingerprint density at radius 2 is 1.33 bits per heavy atom. The predicted molar refractivity (Wildman–Crippen MR) is 154 cm³/mol. The van der Waals surface area contributed by atoms with E-state index in [-0.39, 0.29) is 5.92 Å². The Morgan fingerprint density at radius 1 is 0.667 bits per heavy atom. The number of hydrogen-bond donors (Lipinski definition) is 0. The summed E-state index contributed by atoms with van der Waals surface area (Å²) in [5.74, 6) is 0.614. The molecule has 2 unspecified atom stereocenters. The first-order valence-electron chi connectivity index (χ1n) is 13.0. The van der Waals surface area contributed by atoms with Gasteiger partial charge in [-0.2, -0.15) is 0 Å². The number of nitrogens with zero attached hydrogens (tertiary/aromatic N) is 2. The summed E-state index contributed by atoms with van der Waals surface area (Å²) in [5, 5.41) is 2.84. The molecule has 0 N–H and O–H groups in total. The van der Waals surface area contributed by atoms with Crippen molar-refractivity contribution in [1.82, 2.24) is 9.13 Å². The average Bonchev–Trinajstić information content (AvgIpc) is 3.53. The van der Waals surface area contributed by atoms with Gasteiger partial charge in [-0.1, -0.05) is 79.7 Å². The Bertz CT molecular complexity index is 2260. The fourth-order valence-corrected chi connectivity index (χ4v) is 6.12. The fourth-order valence-electron chi connectivity index (χ4n) is 6.12. The molecule has 3 heterocycles. The van der Waals surface area contributed by atoms with Gasteiger partial charge in [0.1, 0.15) is 23.0 Å². The largest absolute Gasteiger partial charge is 0.458 e. The molecule has 6 nitrogen and oxygen atoms in total. The highest BCUT2D eigenvalue weighted by molar-refractivity contribution is 6.07. The SMILES string of the molecule is CC1C=Cc2c(oc3ccccc23)C1n1c(=O)c(=O)n(-c2cccc3c2oc2ccccc23)c2ccccc21. The molecular weight excluding hydrogens is 488 g/mol. The quantitative estimate of drug-likeness (QED) is 0.234. The van der Waals surface area contributed by atoms with E-state index in [2.05, 4.69) is 12.2 Å². The average molecular weight is 511 g/mol. The normalized spacial score (nSPS) is 16.9. The number of rotatable bonds is 2. The highest BCUT2D eigenvalue weighted by Gasteiger charge is 2.33. The molecule has 1 aliphatic rings. The summed E-state index contributed by atoms with van der Waals surface area (Å²) in [4.78, 5) is 28.1. The first-order valence-corrected chi connectivity index (χ1v) is 13.0. The molecule has 188 valence electrons. The number of benzene rings is 4. The smallest absolute Gasteiger partial charge is 0.321 e. The van der Waals surface area contributed by atoms with Crippen LogP contribution in [0.2, 0.25) is 0 Å². The topological polar surface area (TPSA) is 70.3 Å². The minimum Gasteiger partial charge on any atom is -0.458 e. The van der Waals surface area contributed by atoms with Crippen LogP contribution in [-0.2, 0) is 0 Å². The molecule has 3 aromatic heterocycles. The molecule has 1 aliphatic carbocycles. The molecule has 6 heteroatoms. The fraction of sp³-hybridized carbons (Fsp3) is 0.0909. The molecule has 4 aromatic carbocycles. The van der Waals surface area contributed by atoms with E-state index < -0.39 is 17.2 Å². The van der Waals surface area contributed by atoms with Crippen molar-refractivity contribution in [2.75, 3.05) is 0 Å². The van der Waals surface area contributed by atoms with Crippen LogP contribution in [0.25, 0.3) is 55.7 Å². The highest BCUT2D eigenvalue weighted by Crippen LogP contribution is 2.41. The molecule has 0 spiro atoms. The lowest BCUT2D eigenvalue weighted by Gasteiger charge is -2.28. The van der Waals surface area contributed by atoms with Crippen LogP contribution in [0.15, 0.2) is 115 Å². The van der Waals surface area contributed by atoms with Crippen molar-refractivity contribution in [2.45, 2.75) is 13.0 Å². The zero-order valence-corrected chi connectivity index (χ0v) is 21.0. The van der Waals surface area contributed by atoms with Crippen LogP contribution < -0.4 is 11.1 Å². The maximum Gasteiger partial charge on any atom is 0.321 e. The summed E-state index contributed by atoms with van der Waals surface area (Å²) in [6, 6.07) is 28.4. The Labute approximate surface area is 221 Å². The maximum atomic E-state index is 14.1. The monoisotopic (exact) mass is 510 g/mol. The minimum absolute atomic E-state index is 0.0757. The molecule has 8 rings (SSSR count). The van der Waals surface area contributed by atoms with Gasteiger partial charge in [-0.15, -0.1) is 0 Å². The van der Waals surface area contributed by atoms with Gasteiger partial charge >= 0.3 is 11.1 Å². The van der Waals surface area contributed by atoms with Gasteiger partial charge in [0, 0.05) is 27.6 Å². The lowest BCUT2D eigenvalue weighted by Crippen LogP contribution is -2.44. The van der Waals surface area contributed by atoms with E-state index in [1.807, 2.05) is 97.9 Å². The number of furan rings is 2. The van der Waals surface area contributed by atoms with Crippen LogP contribution in [0.1, 0.15) is 24.3 Å². The maximum absolute atomic E-state index is 14.1. The molecule has 0 saturated carbocycles. The Morgan fingerprint density at radius 3 is 2.15 bits per heavy atom. The lowest BCUT2D eigenvalue weighted by molar-refractivity contribution is 0.384. The third-order valence-corrected chi connectivity index (χ3v) is 7.89. The minimum atomic E-state index is -0.638. The van der Waals surface area contributed by atoms with Gasteiger partial charge in [-0.25, -0.2) is 0 Å². The van der Waals surface area contributed by atoms with E-state index in [1.165, 1.54) is 4.57 Å². The second-order valence-electron chi connectivity index (χ2n) is 10.1. The summed E-state index contributed by atoms with van der Waals surface area (Å²) in [7, 11) is 0. The number of aromatic nitrogens is 2. The molecule has 7 aromatic rings. The van der Waals surface area contributed by atoms with E-state index in [0.717, 1.165) is 32.9 Å². The van der Waals surface area contributed by atoms with Gasteiger partial charge in [0.15, 0.2) is 5.58 Å². The first-order chi connectivity index (χ1) is 19.1. The zero-order chi connectivity index (χ0) is 26.2. The number of fused-ring (bicyclic) bond motifs is 7. The molecule has 0 bridgehead atoms. The Hall–Kier alpha value is -5.10. The van der Waals surface area contributed by atoms with Crippen LogP contribution in [0, 0.1) is 5.92 Å². The van der Waals surface area contributed by atoms with Crippen molar-refractivity contribution in [1.29, 1.82) is 0 Å². The molecule has 2 atom stereocenters. The molecule has 0 saturated heterocycles. The number of allylic oxidation sites excluding steroid dienone is 1. The van der Waals surface area contributed by atoms with E-state index in [1.54, 1.807) is 4.57 Å². The van der Waals surface area contributed by atoms with Crippen molar-refractivity contribution >= 4 is 50.0 Å². The standard InChI is InChI=1S/C33H22N2O4/c1-19-17-18-23-21-10-3-7-16-28(21)39-31(23)29(19)35-25-13-5-4-12-24(25)34(32(36)33(35)37)26-14-8-11-22-20-9-2-6-15-27(20)38-30(22)26/h2-19,29H,1H3. The summed E-state index contributed by atoms with van der Waals surface area (Å²) in [6.07, 6.45) is 4.13. The van der Waals surface area contributed by atoms with Crippen molar-refractivity contribution < 1.29 is 8.83 Å². The molecular formula is C33H22N2O4. The van der Waals surface area contributed by atoms with Crippen LogP contribution in [0.3, 0.4) is 0 Å². The summed E-state index contributed by atoms with van der Waals surface area (Å²) in [5.41, 5.74) is 3.55. The summed E-state index contributed by atoms with van der Waals surface area (Å²) < 4.78 is 15.7. The third kappa shape index (κ3) is 2.97. The van der Waals surface area contributed by atoms with Crippen molar-refractivity contribution in [3.8, 4) is 5.69 Å². The van der Waals surface area contributed by atoms with Gasteiger partial charge in [-0.3, -0.25) is 18.7 Å². The summed E-state index contributed by atoms with van der Waals surface area (Å²) in [6.45, 7) is 2.04. The van der Waals surface area contributed by atoms with E-state index in [4.69, 9.17) is 8.83 Å². The highest BCUT2D eigenvalue weighted by atomic mass is 16.3. The van der Waals surface area contributed by atoms with Crippen molar-refractivity contribution in [3.05, 3.63) is 129 Å². The Balaban J connectivity index is 1.45. The van der Waals surface area contributed by atoms with Gasteiger partial charge in [0.05, 0.1) is 16.7 Å². The molecule has 0 radical (unpaired) electrons. The summed E-state index contributed by atoms with van der Waals surface area (Å²) >= 11 is 0. The number of para-hydroxylation sites is 5. The van der Waals surface area contributed by atoms with Crippen LogP contribution >= 0.6 is 0 Å². The van der Waals surface area contributed by atoms with E-state index in [0.29, 0.717) is 28.1 Å². The molecule has 39 heavy (non-hydrogen) atoms. The molecule has 0 fully saturated rings. The second-order valence-corrected chi connectivity index (χ2v) is 10.1. The van der Waals surface area contributed by atoms with Gasteiger partial charge in [0.25, 0.3) is 0 Å². The van der Waals surface area contributed by atoms with Crippen molar-refractivity contribution in [3.63, 3.8) is 0 Å². The van der Waals surface area contributed by atoms with Crippen molar-refractivity contribution in [2.24, 2.45) is 5.92 Å². The van der Waals surface area contributed by atoms with Gasteiger partial charge in [0.2, 0.25) is 0 Å². The van der Waals surface area contributed by atoms with Gasteiger partial charge < -0.3 is 8.83 Å². The third-order valence-electron chi connectivity index (χ3n) is 7.89. The second kappa shape index (κ2) is 7.95. The van der Waals surface area contributed by atoms with Crippen LogP contribution in [0.4, 0.5) is 0 Å². The lowest BCUT2D eigenvalue weighted by atomic mass is 9.89. The van der Waals surface area contributed by atoms with E-state index >= 15 is 0 Å². The number of hydrogen-bond acceptors (Lipinski definition) is 4. The van der Waals surface area contributed by atoms with Crippen LogP contribution in [-0.4, -0.2) is 9.13 Å². The first kappa shape index (κ1) is 21.9. The van der Waals surface area contributed by atoms with Crippen LogP contribution in [0.5, 0.6) is 0 Å². The predicted octanol–water partition coefficient (Wildman–Crippen LogP) is 7.05. The van der Waals surface area contributed by atoms with Gasteiger partial charge in [-0.05, 0) is 30.3 Å². The molecule has 0 amide bonds. The zero-order valence-electron chi connectivity index (χ0n) is 21.0. The Kier molecular flexibility index (Phi) is 4.47. The van der Waals surface area contributed by atoms with E-state index in [9.17, 15) is 9.59 Å². The molecule has 0 aliphatic heterocycles.